The van der Waals surface area contributed by atoms with Crippen molar-refractivity contribution in [2.75, 3.05) is 5.73 Å². The van der Waals surface area contributed by atoms with Gasteiger partial charge in [-0.25, -0.2) is 0 Å². The van der Waals surface area contributed by atoms with Crippen molar-refractivity contribution in [3.8, 4) is 0 Å². The average Bonchev–Trinajstić information content (AvgIpc) is 2.57. The molecule has 2 aromatic rings. The highest BCUT2D eigenvalue weighted by Gasteiger charge is 2.12. The van der Waals surface area contributed by atoms with E-state index in [9.17, 15) is 4.21 Å². The van der Waals surface area contributed by atoms with Crippen molar-refractivity contribution in [3.63, 3.8) is 0 Å². The van der Waals surface area contributed by atoms with E-state index in [1.807, 2.05) is 20.0 Å². The highest BCUT2D eigenvalue weighted by Crippen LogP contribution is 2.24. The van der Waals surface area contributed by atoms with Crippen molar-refractivity contribution in [1.82, 2.24) is 9.78 Å². The van der Waals surface area contributed by atoms with E-state index in [0.29, 0.717) is 11.4 Å². The molecule has 4 nitrogen and oxygen atoms in total. The average molecular weight is 328 g/mol. The quantitative estimate of drug-likeness (QED) is 0.880. The maximum absolute atomic E-state index is 12.3. The van der Waals surface area contributed by atoms with Gasteiger partial charge in [-0.2, -0.15) is 5.10 Å². The van der Waals surface area contributed by atoms with Gasteiger partial charge in [0.15, 0.2) is 0 Å². The molecule has 0 aliphatic heterocycles. The van der Waals surface area contributed by atoms with Crippen LogP contribution in [-0.4, -0.2) is 14.0 Å². The number of aromatic nitrogens is 2. The summed E-state index contributed by atoms with van der Waals surface area (Å²) in [6.45, 7) is 1.92. The second-order valence-electron chi connectivity index (χ2n) is 4.08. The molecule has 1 unspecified atom stereocenters. The van der Waals surface area contributed by atoms with Gasteiger partial charge in [-0.3, -0.25) is 8.89 Å². The van der Waals surface area contributed by atoms with Gasteiger partial charge < -0.3 is 5.73 Å². The highest BCUT2D eigenvalue weighted by atomic mass is 79.9. The molecule has 0 aliphatic carbocycles. The Morgan fingerprint density at radius 1 is 1.44 bits per heavy atom. The van der Waals surface area contributed by atoms with E-state index in [2.05, 4.69) is 21.0 Å². The van der Waals surface area contributed by atoms with Crippen LogP contribution >= 0.6 is 15.9 Å². The van der Waals surface area contributed by atoms with Crippen molar-refractivity contribution in [3.05, 3.63) is 40.1 Å². The fraction of sp³-hybridized carbons (Fsp3) is 0.250. The molecule has 0 spiro atoms. The van der Waals surface area contributed by atoms with E-state index in [-0.39, 0.29) is 0 Å². The largest absolute Gasteiger partial charge is 0.399 e. The molecule has 0 aliphatic rings. The maximum atomic E-state index is 12.3. The fourth-order valence-corrected chi connectivity index (χ4v) is 3.84. The van der Waals surface area contributed by atoms with E-state index in [1.165, 1.54) is 0 Å². The third-order valence-electron chi connectivity index (χ3n) is 2.58. The predicted molar refractivity (Wildman–Crippen MR) is 76.6 cm³/mol. The smallest absolute Gasteiger partial charge is 0.0702 e. The second kappa shape index (κ2) is 5.24. The molecule has 6 heteroatoms. The van der Waals surface area contributed by atoms with Crippen molar-refractivity contribution in [2.45, 2.75) is 17.6 Å². The van der Waals surface area contributed by atoms with Gasteiger partial charge in [0.1, 0.15) is 0 Å². The number of benzene rings is 1. The van der Waals surface area contributed by atoms with Crippen LogP contribution in [0.2, 0.25) is 0 Å². The number of nitrogens with two attached hydrogens (primary N) is 1. The van der Waals surface area contributed by atoms with Crippen LogP contribution in [0.3, 0.4) is 0 Å². The molecule has 96 valence electrons. The van der Waals surface area contributed by atoms with Gasteiger partial charge in [-0.05, 0) is 47.1 Å². The summed E-state index contributed by atoms with van der Waals surface area (Å²) in [5, 5.41) is 4.24. The zero-order valence-electron chi connectivity index (χ0n) is 10.2. The first kappa shape index (κ1) is 13.3. The Hall–Kier alpha value is -1.14. The molecule has 18 heavy (non-hydrogen) atoms. The Bertz CT molecular complexity index is 609. The van der Waals surface area contributed by atoms with Gasteiger partial charge in [0.25, 0.3) is 0 Å². The molecule has 1 atom stereocenters. The number of nitrogens with zero attached hydrogens (tertiary/aromatic N) is 2. The first-order valence-electron chi connectivity index (χ1n) is 5.40. The molecule has 0 saturated heterocycles. The fourth-order valence-electron chi connectivity index (χ4n) is 1.71. The number of aryl methyl sites for hydroxylation is 2. The molecule has 2 rings (SSSR count). The molecule has 1 heterocycles. The first-order valence-corrected chi connectivity index (χ1v) is 7.51. The molecular weight excluding hydrogens is 314 g/mol. The van der Waals surface area contributed by atoms with Gasteiger partial charge in [-0.1, -0.05) is 0 Å². The Kier molecular flexibility index (Phi) is 3.87. The summed E-state index contributed by atoms with van der Waals surface area (Å²) in [6.07, 6.45) is 0. The van der Waals surface area contributed by atoms with Crippen LogP contribution in [-0.2, 0) is 23.6 Å². The first-order chi connectivity index (χ1) is 8.47. The third-order valence-corrected chi connectivity index (χ3v) is 4.90. The standard InChI is InChI=1S/C12H14BrN3OS/c1-8-5-10(16(2)15-8)7-18(17)12-4-3-9(14)6-11(12)13/h3-6H,7,14H2,1-2H3. The predicted octanol–water partition coefficient (Wildman–Crippen LogP) is 2.38. The van der Waals surface area contributed by atoms with Gasteiger partial charge in [0.05, 0.1) is 32.8 Å². The van der Waals surface area contributed by atoms with E-state index < -0.39 is 10.8 Å². The maximum Gasteiger partial charge on any atom is 0.0702 e. The number of hydrogen-bond acceptors (Lipinski definition) is 3. The third kappa shape index (κ3) is 2.81. The minimum absolute atomic E-state index is 0.444. The molecule has 1 aromatic heterocycles. The van der Waals surface area contributed by atoms with Gasteiger partial charge in [-0.15, -0.1) is 0 Å². The summed E-state index contributed by atoms with van der Waals surface area (Å²) >= 11 is 3.39. The van der Waals surface area contributed by atoms with Crippen molar-refractivity contribution in [2.24, 2.45) is 7.05 Å². The Balaban J connectivity index is 2.24. The lowest BCUT2D eigenvalue weighted by atomic mass is 10.3. The number of rotatable bonds is 3. The Labute approximate surface area is 117 Å². The van der Waals surface area contributed by atoms with Gasteiger partial charge >= 0.3 is 0 Å². The summed E-state index contributed by atoms with van der Waals surface area (Å²) in [7, 11) is 0.744. The lowest BCUT2D eigenvalue weighted by Crippen LogP contribution is -2.04. The number of nitrogen functional groups attached to an aromatic ring is 1. The van der Waals surface area contributed by atoms with Gasteiger partial charge in [0.2, 0.25) is 0 Å². The van der Waals surface area contributed by atoms with Crippen LogP contribution in [0.1, 0.15) is 11.4 Å². The van der Waals surface area contributed by atoms with Crippen LogP contribution in [0.5, 0.6) is 0 Å². The van der Waals surface area contributed by atoms with Crippen molar-refractivity contribution < 1.29 is 4.21 Å². The minimum Gasteiger partial charge on any atom is -0.399 e. The molecule has 0 fully saturated rings. The molecule has 0 radical (unpaired) electrons. The normalized spacial score (nSPS) is 12.6. The molecule has 0 amide bonds. The zero-order valence-corrected chi connectivity index (χ0v) is 12.6. The van der Waals surface area contributed by atoms with E-state index in [0.717, 1.165) is 20.8 Å². The Morgan fingerprint density at radius 3 is 2.72 bits per heavy atom. The SMILES string of the molecule is Cc1cc(CS(=O)c2ccc(N)cc2Br)n(C)n1. The number of halogens is 1. The molecular formula is C12H14BrN3OS. The molecule has 1 aromatic carbocycles. The summed E-state index contributed by atoms with van der Waals surface area (Å²) in [5.41, 5.74) is 8.20. The van der Waals surface area contributed by atoms with Crippen molar-refractivity contribution >= 4 is 32.4 Å². The van der Waals surface area contributed by atoms with E-state index >= 15 is 0 Å². The van der Waals surface area contributed by atoms with Crippen molar-refractivity contribution in [1.29, 1.82) is 0 Å². The van der Waals surface area contributed by atoms with Crippen LogP contribution < -0.4 is 5.73 Å². The van der Waals surface area contributed by atoms with Crippen LogP contribution in [0, 0.1) is 6.92 Å². The van der Waals surface area contributed by atoms with E-state index in [4.69, 9.17) is 5.73 Å². The monoisotopic (exact) mass is 327 g/mol. The second-order valence-corrected chi connectivity index (χ2v) is 6.35. The lowest BCUT2D eigenvalue weighted by molar-refractivity contribution is 0.675. The number of hydrogen-bond donors (Lipinski definition) is 1. The Morgan fingerprint density at radius 2 is 2.17 bits per heavy atom. The summed E-state index contributed by atoms with van der Waals surface area (Å²) in [6, 6.07) is 7.26. The summed E-state index contributed by atoms with van der Waals surface area (Å²) in [5.74, 6) is 0.444. The zero-order chi connectivity index (χ0) is 13.3. The van der Waals surface area contributed by atoms with E-state index in [1.54, 1.807) is 22.9 Å². The molecule has 2 N–H and O–H groups in total. The molecule has 0 saturated carbocycles. The van der Waals surface area contributed by atoms with Crippen LogP contribution in [0.25, 0.3) is 0 Å². The summed E-state index contributed by atoms with van der Waals surface area (Å²) in [4.78, 5) is 0.753. The van der Waals surface area contributed by atoms with Crippen LogP contribution in [0.15, 0.2) is 33.6 Å². The lowest BCUT2D eigenvalue weighted by Gasteiger charge is -2.06. The highest BCUT2D eigenvalue weighted by molar-refractivity contribution is 9.10. The molecule has 0 bridgehead atoms. The minimum atomic E-state index is -1.11. The number of anilines is 1. The van der Waals surface area contributed by atoms with Gasteiger partial charge in [0, 0.05) is 17.2 Å². The summed E-state index contributed by atoms with van der Waals surface area (Å²) < 4.78 is 14.8. The van der Waals surface area contributed by atoms with Crippen LogP contribution in [0.4, 0.5) is 5.69 Å². The topological polar surface area (TPSA) is 60.9 Å².